The van der Waals surface area contributed by atoms with Crippen LogP contribution in [-0.2, 0) is 14.6 Å². The van der Waals surface area contributed by atoms with Gasteiger partial charge < -0.3 is 5.11 Å². The lowest BCUT2D eigenvalue weighted by molar-refractivity contribution is -0.147. The van der Waals surface area contributed by atoms with Crippen molar-refractivity contribution < 1.29 is 18.3 Å². The number of carboxylic acids is 1. The third-order valence-electron chi connectivity index (χ3n) is 3.27. The van der Waals surface area contributed by atoms with Crippen LogP contribution in [0.25, 0.3) is 0 Å². The van der Waals surface area contributed by atoms with E-state index in [0.717, 1.165) is 5.56 Å². The Morgan fingerprint density at radius 1 is 1.32 bits per heavy atom. The van der Waals surface area contributed by atoms with Gasteiger partial charge in [-0.2, -0.15) is 0 Å². The van der Waals surface area contributed by atoms with Gasteiger partial charge in [0.15, 0.2) is 9.84 Å². The van der Waals surface area contributed by atoms with E-state index >= 15 is 0 Å². The molecule has 1 unspecified atom stereocenters. The van der Waals surface area contributed by atoms with Crippen LogP contribution in [0.15, 0.2) is 30.3 Å². The fraction of sp³-hybridized carbons (Fsp3) is 0.357. The van der Waals surface area contributed by atoms with Crippen LogP contribution in [0.3, 0.4) is 0 Å². The number of carbonyl (C=O) groups is 1. The molecule has 0 spiro atoms. The average Bonchev–Trinajstić information content (AvgIpc) is 2.68. The first-order valence-corrected chi connectivity index (χ1v) is 7.73. The zero-order chi connectivity index (χ0) is 13.9. The first-order valence-electron chi connectivity index (χ1n) is 5.91. The summed E-state index contributed by atoms with van der Waals surface area (Å²) in [6.45, 7) is 0. The monoisotopic (exact) mass is 278 g/mol. The lowest BCUT2D eigenvalue weighted by Crippen LogP contribution is -2.31. The number of aliphatic carboxylic acids is 1. The van der Waals surface area contributed by atoms with Crippen molar-refractivity contribution in [2.75, 3.05) is 11.5 Å². The maximum Gasteiger partial charge on any atom is 0.311 e. The molecular formula is C14H14O4S. The summed E-state index contributed by atoms with van der Waals surface area (Å²) in [6, 6.07) is 9.21. The molecule has 1 aromatic carbocycles. The minimum Gasteiger partial charge on any atom is -0.481 e. The lowest BCUT2D eigenvalue weighted by atomic mass is 9.84. The van der Waals surface area contributed by atoms with E-state index in [0.29, 0.717) is 0 Å². The third-order valence-corrected chi connectivity index (χ3v) is 5.09. The predicted molar refractivity (Wildman–Crippen MR) is 71.3 cm³/mol. The summed E-state index contributed by atoms with van der Waals surface area (Å²) in [4.78, 5) is 11.3. The number of hydrogen-bond acceptors (Lipinski definition) is 3. The van der Waals surface area contributed by atoms with Gasteiger partial charge in [-0.15, -0.1) is 0 Å². The predicted octanol–water partition coefficient (Wildman–Crippen LogP) is 1.32. The molecule has 1 aliphatic rings. The van der Waals surface area contributed by atoms with Crippen molar-refractivity contribution in [3.63, 3.8) is 0 Å². The summed E-state index contributed by atoms with van der Waals surface area (Å²) in [6.07, 6.45) is 0.213. The van der Waals surface area contributed by atoms with Crippen LogP contribution in [-0.4, -0.2) is 31.0 Å². The summed E-state index contributed by atoms with van der Waals surface area (Å²) in [5.41, 5.74) is -0.440. The quantitative estimate of drug-likeness (QED) is 0.828. The Hall–Kier alpha value is -1.80. The smallest absolute Gasteiger partial charge is 0.311 e. The largest absolute Gasteiger partial charge is 0.481 e. The second-order valence-corrected chi connectivity index (χ2v) is 6.96. The van der Waals surface area contributed by atoms with Crippen molar-refractivity contribution in [2.45, 2.75) is 12.8 Å². The average molecular weight is 278 g/mol. The van der Waals surface area contributed by atoms with Crippen LogP contribution in [0.4, 0.5) is 0 Å². The Morgan fingerprint density at radius 2 is 2.00 bits per heavy atom. The van der Waals surface area contributed by atoms with E-state index in [1.807, 2.05) is 30.3 Å². The molecule has 4 nitrogen and oxygen atoms in total. The molecule has 2 rings (SSSR count). The van der Waals surface area contributed by atoms with E-state index in [-0.39, 0.29) is 24.3 Å². The molecule has 19 heavy (non-hydrogen) atoms. The molecule has 1 aliphatic heterocycles. The van der Waals surface area contributed by atoms with Gasteiger partial charge in [0.05, 0.1) is 16.9 Å². The van der Waals surface area contributed by atoms with Crippen molar-refractivity contribution in [1.82, 2.24) is 0 Å². The Bertz CT molecular complexity index is 637. The van der Waals surface area contributed by atoms with Gasteiger partial charge in [0.25, 0.3) is 0 Å². The van der Waals surface area contributed by atoms with Crippen molar-refractivity contribution in [2.24, 2.45) is 5.41 Å². The summed E-state index contributed by atoms with van der Waals surface area (Å²) in [5.74, 6) is 4.24. The summed E-state index contributed by atoms with van der Waals surface area (Å²) >= 11 is 0. The topological polar surface area (TPSA) is 71.4 Å². The maximum absolute atomic E-state index is 11.5. The lowest BCUT2D eigenvalue weighted by Gasteiger charge is -2.18. The minimum atomic E-state index is -3.24. The second-order valence-electron chi connectivity index (χ2n) is 4.77. The first-order chi connectivity index (χ1) is 8.94. The normalized spacial score (nSPS) is 24.4. The number of hydrogen-bond donors (Lipinski definition) is 1. The zero-order valence-electron chi connectivity index (χ0n) is 10.3. The fourth-order valence-electron chi connectivity index (χ4n) is 2.14. The summed E-state index contributed by atoms with van der Waals surface area (Å²) in [7, 11) is -3.24. The van der Waals surface area contributed by atoms with Gasteiger partial charge in [-0.05, 0) is 18.6 Å². The van der Waals surface area contributed by atoms with Crippen LogP contribution in [0.5, 0.6) is 0 Å². The van der Waals surface area contributed by atoms with Gasteiger partial charge in [-0.25, -0.2) is 8.42 Å². The van der Waals surface area contributed by atoms with E-state index in [4.69, 9.17) is 0 Å². The van der Waals surface area contributed by atoms with Crippen LogP contribution in [0.2, 0.25) is 0 Å². The molecule has 1 N–H and O–H groups in total. The van der Waals surface area contributed by atoms with E-state index in [2.05, 4.69) is 11.8 Å². The molecule has 0 amide bonds. The summed E-state index contributed by atoms with van der Waals surface area (Å²) < 4.78 is 22.9. The van der Waals surface area contributed by atoms with E-state index in [9.17, 15) is 18.3 Å². The SMILES string of the molecule is O=C(O)C1(CC#Cc2ccccc2)CCS(=O)(=O)C1. The van der Waals surface area contributed by atoms with E-state index in [1.165, 1.54) is 0 Å². The Balaban J connectivity index is 2.17. The van der Waals surface area contributed by atoms with Gasteiger partial charge in [-0.1, -0.05) is 30.0 Å². The maximum atomic E-state index is 11.5. The Morgan fingerprint density at radius 3 is 2.53 bits per heavy atom. The molecule has 1 heterocycles. The van der Waals surface area contributed by atoms with Crippen molar-refractivity contribution in [3.05, 3.63) is 35.9 Å². The molecule has 0 aliphatic carbocycles. The van der Waals surface area contributed by atoms with Crippen LogP contribution in [0, 0.1) is 17.3 Å². The number of benzene rings is 1. The first kappa shape index (κ1) is 13.6. The molecule has 1 fully saturated rings. The molecule has 100 valence electrons. The molecule has 0 saturated carbocycles. The van der Waals surface area contributed by atoms with Gasteiger partial charge in [0.2, 0.25) is 0 Å². The fourth-order valence-corrected chi connectivity index (χ4v) is 4.19. The van der Waals surface area contributed by atoms with Gasteiger partial charge in [0, 0.05) is 12.0 Å². The zero-order valence-corrected chi connectivity index (χ0v) is 11.1. The van der Waals surface area contributed by atoms with E-state index in [1.54, 1.807) is 0 Å². The molecule has 0 aromatic heterocycles. The third kappa shape index (κ3) is 3.15. The number of rotatable bonds is 2. The highest BCUT2D eigenvalue weighted by Crippen LogP contribution is 2.35. The van der Waals surface area contributed by atoms with Crippen molar-refractivity contribution in [1.29, 1.82) is 0 Å². The van der Waals surface area contributed by atoms with Crippen molar-refractivity contribution >= 4 is 15.8 Å². The molecule has 0 radical (unpaired) electrons. The van der Waals surface area contributed by atoms with Gasteiger partial charge >= 0.3 is 5.97 Å². The number of sulfone groups is 1. The molecule has 1 saturated heterocycles. The molecule has 1 atom stereocenters. The number of carboxylic acid groups (broad SMARTS) is 1. The van der Waals surface area contributed by atoms with Gasteiger partial charge in [-0.3, -0.25) is 4.79 Å². The van der Waals surface area contributed by atoms with Crippen LogP contribution < -0.4 is 0 Å². The second kappa shape index (κ2) is 5.06. The highest BCUT2D eigenvalue weighted by molar-refractivity contribution is 7.91. The highest BCUT2D eigenvalue weighted by Gasteiger charge is 2.47. The van der Waals surface area contributed by atoms with E-state index < -0.39 is 21.2 Å². The standard InChI is InChI=1S/C14H14O4S/c15-13(16)14(9-10-19(17,18)11-14)8-4-7-12-5-2-1-3-6-12/h1-3,5-6H,8-11H2,(H,15,16). The molecule has 5 heteroatoms. The van der Waals surface area contributed by atoms with Crippen LogP contribution >= 0.6 is 0 Å². The van der Waals surface area contributed by atoms with Gasteiger partial charge in [0.1, 0.15) is 0 Å². The van der Waals surface area contributed by atoms with Crippen LogP contribution in [0.1, 0.15) is 18.4 Å². The summed E-state index contributed by atoms with van der Waals surface area (Å²) in [5, 5.41) is 9.26. The molecular weight excluding hydrogens is 264 g/mol. The molecule has 0 bridgehead atoms. The highest BCUT2D eigenvalue weighted by atomic mass is 32.2. The Kier molecular flexibility index (Phi) is 3.63. The minimum absolute atomic E-state index is 0.0632. The van der Waals surface area contributed by atoms with Crippen molar-refractivity contribution in [3.8, 4) is 11.8 Å². The Labute approximate surface area is 112 Å². The molecule has 1 aromatic rings.